The molecule has 3 heteroatoms. The van der Waals surface area contributed by atoms with Gasteiger partial charge in [0.2, 0.25) is 0 Å². The summed E-state index contributed by atoms with van der Waals surface area (Å²) in [7, 11) is 0. The third-order valence-electron chi connectivity index (χ3n) is 19.4. The molecule has 0 radical (unpaired) electrons. The quantitative estimate of drug-likeness (QED) is 0.127. The smallest absolute Gasteiger partial charge is 0.143 e. The number of benzene rings is 17. The van der Waals surface area contributed by atoms with Gasteiger partial charge in [-0.15, -0.1) is 11.3 Å². The first-order chi connectivity index (χ1) is 44.1. The van der Waals surface area contributed by atoms with E-state index >= 15 is 0 Å². The summed E-state index contributed by atoms with van der Waals surface area (Å²) >= 11 is 1.87. The van der Waals surface area contributed by atoms with Crippen molar-refractivity contribution in [2.45, 2.75) is 0 Å². The maximum Gasteiger partial charge on any atom is 0.143 e. The summed E-state index contributed by atoms with van der Waals surface area (Å²) in [5.41, 5.74) is 15.4. The lowest BCUT2D eigenvalue weighted by Gasteiger charge is -2.19. The first-order valence-electron chi connectivity index (χ1n) is 30.6. The summed E-state index contributed by atoms with van der Waals surface area (Å²) < 4.78 is 16.5. The van der Waals surface area contributed by atoms with Crippen LogP contribution < -0.4 is 0 Å². The molecule has 20 aromatic rings. The minimum absolute atomic E-state index is 0.879. The van der Waals surface area contributed by atoms with Crippen molar-refractivity contribution >= 4 is 162 Å². The van der Waals surface area contributed by atoms with Gasteiger partial charge in [-0.25, -0.2) is 0 Å². The van der Waals surface area contributed by atoms with Crippen LogP contribution in [0.4, 0.5) is 0 Å². The average molecular weight is 1150 g/mol. The van der Waals surface area contributed by atoms with Crippen LogP contribution in [0.5, 0.6) is 0 Å². The minimum atomic E-state index is 0.879. The Morgan fingerprint density at radius 2 is 0.629 bits per heavy atom. The number of hydrogen-bond acceptors (Lipinski definition) is 3. The number of thiophene rings is 1. The highest BCUT2D eigenvalue weighted by atomic mass is 32.1. The zero-order valence-corrected chi connectivity index (χ0v) is 48.8. The second kappa shape index (κ2) is 18.6. The lowest BCUT2D eigenvalue weighted by atomic mass is 9.84. The van der Waals surface area contributed by atoms with Crippen LogP contribution in [-0.4, -0.2) is 0 Å². The first kappa shape index (κ1) is 48.8. The number of fused-ring (bicyclic) bond motifs is 18. The van der Waals surface area contributed by atoms with E-state index in [2.05, 4.69) is 291 Å². The normalized spacial score (nSPS) is 12.3. The molecule has 0 bridgehead atoms. The molecule has 0 unspecified atom stereocenters. The van der Waals surface area contributed by atoms with Crippen molar-refractivity contribution in [3.8, 4) is 55.6 Å². The van der Waals surface area contributed by atoms with Crippen LogP contribution >= 0.6 is 11.3 Å². The van der Waals surface area contributed by atoms with Crippen molar-refractivity contribution in [2.24, 2.45) is 0 Å². The fourth-order valence-electron chi connectivity index (χ4n) is 15.5. The van der Waals surface area contributed by atoms with Gasteiger partial charge in [-0.05, 0) is 203 Å². The molecule has 2 nitrogen and oxygen atoms in total. The van der Waals surface area contributed by atoms with Crippen LogP contribution in [0, 0.1) is 0 Å². The molecule has 0 saturated carbocycles. The molecule has 17 aromatic carbocycles. The van der Waals surface area contributed by atoms with Crippen LogP contribution in [-0.2, 0) is 0 Å². The molecule has 0 N–H and O–H groups in total. The molecule has 0 spiro atoms. The number of hydrogen-bond donors (Lipinski definition) is 0. The molecule has 3 aromatic heterocycles. The van der Waals surface area contributed by atoms with Crippen molar-refractivity contribution < 1.29 is 8.83 Å². The van der Waals surface area contributed by atoms with Crippen molar-refractivity contribution in [3.05, 3.63) is 291 Å². The van der Waals surface area contributed by atoms with Gasteiger partial charge in [0.25, 0.3) is 0 Å². The molecule has 0 aliphatic heterocycles. The molecule has 0 saturated heterocycles. The Labute approximate surface area is 513 Å². The predicted octanol–water partition coefficient (Wildman–Crippen LogP) is 25.4. The summed E-state index contributed by atoms with van der Waals surface area (Å²) in [6, 6.07) is 108. The molecule has 0 atom stereocenters. The van der Waals surface area contributed by atoms with Gasteiger partial charge in [0.1, 0.15) is 22.3 Å². The van der Waals surface area contributed by atoms with Crippen LogP contribution in [0.3, 0.4) is 0 Å². The van der Waals surface area contributed by atoms with Crippen molar-refractivity contribution in [1.82, 2.24) is 0 Å². The molecule has 89 heavy (non-hydrogen) atoms. The van der Waals surface area contributed by atoms with Crippen molar-refractivity contribution in [3.63, 3.8) is 0 Å². The van der Waals surface area contributed by atoms with Gasteiger partial charge < -0.3 is 8.83 Å². The van der Waals surface area contributed by atoms with E-state index < -0.39 is 0 Å². The van der Waals surface area contributed by atoms with Crippen LogP contribution in [0.25, 0.3) is 206 Å². The Morgan fingerprint density at radius 1 is 0.202 bits per heavy atom. The summed E-state index contributed by atoms with van der Waals surface area (Å²) in [4.78, 5) is 0. The number of furan rings is 2. The summed E-state index contributed by atoms with van der Waals surface area (Å²) in [5.74, 6) is 0. The van der Waals surface area contributed by atoms with Gasteiger partial charge in [0.05, 0.1) is 0 Å². The third-order valence-corrected chi connectivity index (χ3v) is 20.5. The largest absolute Gasteiger partial charge is 0.456 e. The zero-order valence-electron chi connectivity index (χ0n) is 47.9. The summed E-state index contributed by atoms with van der Waals surface area (Å²) in [5, 5.41) is 26.4. The predicted molar refractivity (Wildman–Crippen MR) is 381 cm³/mol. The third kappa shape index (κ3) is 7.13. The van der Waals surface area contributed by atoms with Gasteiger partial charge in [-0.2, -0.15) is 0 Å². The van der Waals surface area contributed by atoms with E-state index in [-0.39, 0.29) is 0 Å². The van der Waals surface area contributed by atoms with Gasteiger partial charge in [0, 0.05) is 47.3 Å². The first-order valence-corrected chi connectivity index (χ1v) is 31.4. The van der Waals surface area contributed by atoms with E-state index in [1.54, 1.807) is 0 Å². The lowest BCUT2D eigenvalue weighted by Crippen LogP contribution is -1.92. The molecular formula is C86H48O2S. The van der Waals surface area contributed by atoms with Gasteiger partial charge in [-0.3, -0.25) is 0 Å². The SMILES string of the molecule is c1ccc2cc3c(cc2c1)oc1cccc(-c2c4ccccc4c(-c4ccc5c(ccc6cc(-c7ccc(-c8c9ccccc9c(-c9ccc%10sc%11ccccc%11c%10c9)c9ccccc89)c8c7oc7cc9ccccc9cc78)ccc65)c4)c4ccccc24)c13. The Balaban J connectivity index is 0.745. The minimum Gasteiger partial charge on any atom is -0.456 e. The van der Waals surface area contributed by atoms with Gasteiger partial charge in [-0.1, -0.05) is 224 Å². The topological polar surface area (TPSA) is 26.3 Å². The van der Waals surface area contributed by atoms with Gasteiger partial charge in [0.15, 0.2) is 0 Å². The lowest BCUT2D eigenvalue weighted by molar-refractivity contribution is 0.669. The van der Waals surface area contributed by atoms with Crippen LogP contribution in [0.15, 0.2) is 300 Å². The van der Waals surface area contributed by atoms with E-state index in [0.29, 0.717) is 0 Å². The Hall–Kier alpha value is -11.4. The van der Waals surface area contributed by atoms with E-state index in [4.69, 9.17) is 8.83 Å². The van der Waals surface area contributed by atoms with Crippen molar-refractivity contribution in [2.75, 3.05) is 0 Å². The Kier molecular flexibility index (Phi) is 10.2. The molecule has 3 heterocycles. The fraction of sp³-hybridized carbons (Fsp3) is 0. The average Bonchev–Trinajstić information content (AvgIpc) is 1.84. The standard InChI is InChI=1S/C86H48O2S/c1-3-18-51-47-76-73(44-49(51)16-1)84-70(29-15-30-75(84)87-76)82-66-25-9-5-21-62(66)80(63-22-6-10-26-67(63)82)56-35-38-59-54(43-56)33-32-53-42-55(34-37-58(53)59)60-39-40-71(85-74-45-50-17-2-4-19-52(50)48-77(74)88-86(60)85)83-68-27-11-7-23-64(68)81(65-24-8-12-28-69(65)83)57-36-41-79-72(46-57)61-20-13-14-31-78(61)89-79/h1-48H. The van der Waals surface area contributed by atoms with E-state index in [1.165, 1.54) is 140 Å². The molecule has 410 valence electrons. The fourth-order valence-corrected chi connectivity index (χ4v) is 16.5. The Morgan fingerprint density at radius 3 is 1.21 bits per heavy atom. The van der Waals surface area contributed by atoms with Crippen LogP contribution in [0.1, 0.15) is 0 Å². The maximum atomic E-state index is 7.27. The molecule has 20 rings (SSSR count). The zero-order chi connectivity index (χ0) is 58.0. The molecular weight excluding hydrogens is 1100 g/mol. The van der Waals surface area contributed by atoms with E-state index in [9.17, 15) is 0 Å². The van der Waals surface area contributed by atoms with E-state index in [1.807, 2.05) is 11.3 Å². The Bertz CT molecular complexity index is 6370. The van der Waals surface area contributed by atoms with E-state index in [0.717, 1.165) is 66.0 Å². The number of rotatable bonds is 5. The maximum absolute atomic E-state index is 7.27. The van der Waals surface area contributed by atoms with Crippen molar-refractivity contribution in [1.29, 1.82) is 0 Å². The molecule has 0 aliphatic rings. The molecule has 0 amide bonds. The summed E-state index contributed by atoms with van der Waals surface area (Å²) in [6.07, 6.45) is 0. The second-order valence-corrected chi connectivity index (χ2v) is 25.2. The molecule has 0 aliphatic carbocycles. The monoisotopic (exact) mass is 1140 g/mol. The summed E-state index contributed by atoms with van der Waals surface area (Å²) in [6.45, 7) is 0. The molecule has 0 fully saturated rings. The highest BCUT2D eigenvalue weighted by Crippen LogP contribution is 2.52. The van der Waals surface area contributed by atoms with Crippen LogP contribution in [0.2, 0.25) is 0 Å². The highest BCUT2D eigenvalue weighted by molar-refractivity contribution is 7.25. The highest BCUT2D eigenvalue weighted by Gasteiger charge is 2.25. The van der Waals surface area contributed by atoms with Gasteiger partial charge >= 0.3 is 0 Å². The second-order valence-electron chi connectivity index (χ2n) is 24.1.